The van der Waals surface area contributed by atoms with Crippen LogP contribution in [0.15, 0.2) is 22.6 Å². The number of hydrogen-bond acceptors (Lipinski definition) is 6. The van der Waals surface area contributed by atoms with E-state index in [2.05, 4.69) is 25.3 Å². The van der Waals surface area contributed by atoms with E-state index in [4.69, 9.17) is 11.6 Å². The van der Waals surface area contributed by atoms with E-state index < -0.39 is 0 Å². The van der Waals surface area contributed by atoms with Crippen LogP contribution in [0.5, 0.6) is 0 Å². The van der Waals surface area contributed by atoms with Crippen molar-refractivity contribution >= 4 is 29.1 Å². The molecule has 0 radical (unpaired) electrons. The van der Waals surface area contributed by atoms with Crippen molar-refractivity contribution in [3.63, 3.8) is 0 Å². The molecule has 0 aliphatic carbocycles. The van der Waals surface area contributed by atoms with Crippen LogP contribution in [-0.4, -0.2) is 34.3 Å². The Bertz CT molecular complexity index is 719. The van der Waals surface area contributed by atoms with E-state index >= 15 is 0 Å². The number of aryl methyl sites for hydroxylation is 1. The molecular formula is C9H8ClN7S. The third-order valence-corrected chi connectivity index (χ3v) is 3.67. The van der Waals surface area contributed by atoms with E-state index in [0.29, 0.717) is 10.9 Å². The van der Waals surface area contributed by atoms with Crippen LogP contribution in [0.1, 0.15) is 5.82 Å². The Labute approximate surface area is 111 Å². The summed E-state index contributed by atoms with van der Waals surface area (Å²) in [5, 5.41) is 14.1. The summed E-state index contributed by atoms with van der Waals surface area (Å²) in [5.41, 5.74) is 0. The molecule has 7 nitrogen and oxygen atoms in total. The molecule has 3 aromatic heterocycles. The number of hydrogen-bond donors (Lipinski definition) is 0. The van der Waals surface area contributed by atoms with Gasteiger partial charge in [0.05, 0.1) is 0 Å². The summed E-state index contributed by atoms with van der Waals surface area (Å²) in [7, 11) is 1.90. The van der Waals surface area contributed by atoms with Gasteiger partial charge in [-0.1, -0.05) is 11.6 Å². The Morgan fingerprint density at radius 3 is 2.89 bits per heavy atom. The van der Waals surface area contributed by atoms with Crippen LogP contribution in [0.4, 0.5) is 0 Å². The third-order valence-electron chi connectivity index (χ3n) is 2.44. The molecule has 0 N–H and O–H groups in total. The second-order valence-electron chi connectivity index (χ2n) is 3.58. The fourth-order valence-corrected chi connectivity index (χ4v) is 2.57. The summed E-state index contributed by atoms with van der Waals surface area (Å²) in [6.45, 7) is 1.89. The summed E-state index contributed by atoms with van der Waals surface area (Å²) >= 11 is 7.35. The molecule has 3 rings (SSSR count). The van der Waals surface area contributed by atoms with Gasteiger partial charge in [-0.3, -0.25) is 0 Å². The predicted octanol–water partition coefficient (Wildman–Crippen LogP) is 1.37. The quantitative estimate of drug-likeness (QED) is 0.661. The first-order valence-corrected chi connectivity index (χ1v) is 6.25. The Morgan fingerprint density at radius 1 is 1.33 bits per heavy atom. The maximum absolute atomic E-state index is 5.94. The van der Waals surface area contributed by atoms with Gasteiger partial charge in [0, 0.05) is 13.1 Å². The van der Waals surface area contributed by atoms with Crippen LogP contribution < -0.4 is 0 Å². The zero-order valence-electron chi connectivity index (χ0n) is 9.57. The first-order chi connectivity index (χ1) is 8.65. The van der Waals surface area contributed by atoms with Gasteiger partial charge < -0.3 is 4.57 Å². The number of nitrogens with zero attached hydrogens (tertiary/aromatic N) is 7. The van der Waals surface area contributed by atoms with E-state index in [-0.39, 0.29) is 0 Å². The van der Waals surface area contributed by atoms with Gasteiger partial charge in [-0.2, -0.15) is 19.6 Å². The second kappa shape index (κ2) is 4.21. The van der Waals surface area contributed by atoms with Gasteiger partial charge in [0.2, 0.25) is 0 Å². The second-order valence-corrected chi connectivity index (χ2v) is 4.95. The average Bonchev–Trinajstić information content (AvgIpc) is 2.90. The van der Waals surface area contributed by atoms with E-state index in [0.717, 1.165) is 16.0 Å². The van der Waals surface area contributed by atoms with Crippen molar-refractivity contribution in [2.24, 2.45) is 7.05 Å². The van der Waals surface area contributed by atoms with E-state index in [1.54, 1.807) is 10.6 Å². The van der Waals surface area contributed by atoms with Gasteiger partial charge >= 0.3 is 0 Å². The molecular weight excluding hydrogens is 274 g/mol. The molecule has 0 saturated carbocycles. The van der Waals surface area contributed by atoms with Gasteiger partial charge in [-0.25, -0.2) is 0 Å². The Balaban J connectivity index is 2.09. The molecule has 0 unspecified atom stereocenters. The molecule has 3 aromatic rings. The molecule has 0 bridgehead atoms. The fourth-order valence-electron chi connectivity index (χ4n) is 1.40. The standard InChI is InChI=1S/C9H8ClN7S/c1-5-14-15-9(16(5)2)18-7-3-6(10)13-8-11-4-12-17(7)8/h3-4H,1-2H3. The van der Waals surface area contributed by atoms with Crippen molar-refractivity contribution in [1.29, 1.82) is 0 Å². The first-order valence-electron chi connectivity index (χ1n) is 5.05. The van der Waals surface area contributed by atoms with Crippen molar-refractivity contribution in [2.75, 3.05) is 0 Å². The Morgan fingerprint density at radius 2 is 2.17 bits per heavy atom. The lowest BCUT2D eigenvalue weighted by atomic mass is 10.7. The zero-order chi connectivity index (χ0) is 12.7. The Kier molecular flexibility index (Phi) is 2.67. The molecule has 0 spiro atoms. The van der Waals surface area contributed by atoms with Crippen molar-refractivity contribution in [3.05, 3.63) is 23.4 Å². The van der Waals surface area contributed by atoms with E-state index in [1.165, 1.54) is 18.1 Å². The molecule has 0 amide bonds. The Hall–Kier alpha value is -1.67. The monoisotopic (exact) mass is 281 g/mol. The van der Waals surface area contributed by atoms with Crippen LogP contribution in [0.3, 0.4) is 0 Å². The van der Waals surface area contributed by atoms with Crippen molar-refractivity contribution in [3.8, 4) is 0 Å². The minimum absolute atomic E-state index is 0.372. The molecule has 3 heterocycles. The smallest absolute Gasteiger partial charge is 0.254 e. The highest BCUT2D eigenvalue weighted by Crippen LogP contribution is 2.27. The molecule has 0 aromatic carbocycles. The summed E-state index contributed by atoms with van der Waals surface area (Å²) in [4.78, 5) is 8.07. The van der Waals surface area contributed by atoms with E-state index in [9.17, 15) is 0 Å². The molecule has 0 fully saturated rings. The minimum atomic E-state index is 0.372. The lowest BCUT2D eigenvalue weighted by Crippen LogP contribution is -1.98. The van der Waals surface area contributed by atoms with Gasteiger partial charge in [-0.05, 0) is 18.7 Å². The average molecular weight is 282 g/mol. The van der Waals surface area contributed by atoms with Gasteiger partial charge in [0.1, 0.15) is 22.3 Å². The zero-order valence-corrected chi connectivity index (χ0v) is 11.1. The molecule has 18 heavy (non-hydrogen) atoms. The van der Waals surface area contributed by atoms with Crippen LogP contribution in [0.25, 0.3) is 5.78 Å². The lowest BCUT2D eigenvalue weighted by Gasteiger charge is -2.03. The topological polar surface area (TPSA) is 73.8 Å². The SMILES string of the molecule is Cc1nnc(Sc2cc(Cl)nc3ncnn23)n1C. The summed E-state index contributed by atoms with van der Waals surface area (Å²) < 4.78 is 3.50. The highest BCUT2D eigenvalue weighted by Gasteiger charge is 2.12. The van der Waals surface area contributed by atoms with Crippen molar-refractivity contribution in [2.45, 2.75) is 17.1 Å². The lowest BCUT2D eigenvalue weighted by molar-refractivity contribution is 0.759. The summed E-state index contributed by atoms with van der Waals surface area (Å²) in [6.07, 6.45) is 1.44. The van der Waals surface area contributed by atoms with E-state index in [1.807, 2.05) is 18.5 Å². The highest BCUT2D eigenvalue weighted by atomic mass is 35.5. The number of rotatable bonds is 2. The maximum atomic E-state index is 5.94. The summed E-state index contributed by atoms with van der Waals surface area (Å²) in [6, 6.07) is 1.72. The number of fused-ring (bicyclic) bond motifs is 1. The molecule has 0 aliphatic heterocycles. The van der Waals surface area contributed by atoms with Crippen LogP contribution in [0, 0.1) is 6.92 Å². The normalized spacial score (nSPS) is 11.3. The molecule has 92 valence electrons. The van der Waals surface area contributed by atoms with Gasteiger partial charge in [0.15, 0.2) is 5.16 Å². The molecule has 0 aliphatic rings. The van der Waals surface area contributed by atoms with Crippen LogP contribution in [-0.2, 0) is 7.05 Å². The van der Waals surface area contributed by atoms with Crippen LogP contribution in [0.2, 0.25) is 5.15 Å². The van der Waals surface area contributed by atoms with Crippen molar-refractivity contribution in [1.82, 2.24) is 34.3 Å². The number of halogens is 1. The first kappa shape index (κ1) is 11.4. The highest BCUT2D eigenvalue weighted by molar-refractivity contribution is 7.99. The maximum Gasteiger partial charge on any atom is 0.254 e. The predicted molar refractivity (Wildman–Crippen MR) is 65.7 cm³/mol. The minimum Gasteiger partial charge on any atom is -0.309 e. The van der Waals surface area contributed by atoms with Crippen molar-refractivity contribution < 1.29 is 0 Å². The molecule has 9 heteroatoms. The summed E-state index contributed by atoms with van der Waals surface area (Å²) in [5.74, 6) is 1.30. The number of aromatic nitrogens is 7. The largest absolute Gasteiger partial charge is 0.309 e. The van der Waals surface area contributed by atoms with Crippen LogP contribution >= 0.6 is 23.4 Å². The molecule has 0 saturated heterocycles. The third kappa shape index (κ3) is 1.83. The fraction of sp³-hybridized carbons (Fsp3) is 0.222. The van der Waals surface area contributed by atoms with Gasteiger partial charge in [-0.15, -0.1) is 10.2 Å². The van der Waals surface area contributed by atoms with Gasteiger partial charge in [0.25, 0.3) is 5.78 Å². The molecule has 0 atom stereocenters.